The molecule has 0 saturated heterocycles. The molecule has 0 aromatic heterocycles. The summed E-state index contributed by atoms with van der Waals surface area (Å²) < 4.78 is 35.5. The Labute approximate surface area is 111 Å². The van der Waals surface area contributed by atoms with Crippen molar-refractivity contribution in [2.75, 3.05) is 0 Å². The fourth-order valence-electron chi connectivity index (χ4n) is 1.47. The van der Waals surface area contributed by atoms with Crippen LogP contribution in [0.2, 0.25) is 0 Å². The summed E-state index contributed by atoms with van der Waals surface area (Å²) in [4.78, 5) is 0. The van der Waals surface area contributed by atoms with Gasteiger partial charge in [0.25, 0.3) is 10.1 Å². The average Bonchev–Trinajstić information content (AvgIpc) is 2.37. The van der Waals surface area contributed by atoms with Gasteiger partial charge in [0.05, 0.1) is 5.41 Å². The van der Waals surface area contributed by atoms with Crippen LogP contribution in [0.15, 0.2) is 60.0 Å². The minimum atomic E-state index is -4.12. The molecule has 0 fully saturated rings. The van der Waals surface area contributed by atoms with Gasteiger partial charge in [-0.1, -0.05) is 30.3 Å². The van der Waals surface area contributed by atoms with Crippen molar-refractivity contribution in [3.8, 4) is 11.5 Å². The third-order valence-corrected chi connectivity index (χ3v) is 2.75. The molecule has 0 aliphatic carbocycles. The van der Waals surface area contributed by atoms with Gasteiger partial charge in [0.2, 0.25) is 0 Å². The highest BCUT2D eigenvalue weighted by Gasteiger charge is 1.99. The van der Waals surface area contributed by atoms with Crippen molar-refractivity contribution < 1.29 is 17.7 Å². The maximum Gasteiger partial charge on any atom is 0.287 e. The zero-order valence-electron chi connectivity index (χ0n) is 9.93. The summed E-state index contributed by atoms with van der Waals surface area (Å²) >= 11 is 0. The molecule has 0 amide bonds. The Hall–Kier alpha value is -2.11. The number of rotatable bonds is 4. The highest BCUT2D eigenvalue weighted by atomic mass is 32.2. The van der Waals surface area contributed by atoms with E-state index in [0.717, 1.165) is 5.41 Å². The predicted molar refractivity (Wildman–Crippen MR) is 73.5 cm³/mol. The van der Waals surface area contributed by atoms with Crippen LogP contribution in [-0.4, -0.2) is 13.0 Å². The maximum atomic E-state index is 10.6. The van der Waals surface area contributed by atoms with Crippen LogP contribution < -0.4 is 4.74 Å². The lowest BCUT2D eigenvalue weighted by Gasteiger charge is -2.05. The summed E-state index contributed by atoms with van der Waals surface area (Å²) in [5.74, 6) is 1.28. The lowest BCUT2D eigenvalue weighted by atomic mass is 10.2. The van der Waals surface area contributed by atoms with E-state index in [-0.39, 0.29) is 0 Å². The molecule has 1 N–H and O–H groups in total. The molecule has 0 atom stereocenters. The molecule has 5 heteroatoms. The minimum Gasteiger partial charge on any atom is -0.457 e. The van der Waals surface area contributed by atoms with Crippen LogP contribution in [0.4, 0.5) is 0 Å². The maximum absolute atomic E-state index is 10.6. The second-order valence-corrected chi connectivity index (χ2v) is 5.11. The van der Waals surface area contributed by atoms with Gasteiger partial charge in [-0.2, -0.15) is 8.42 Å². The second-order valence-electron chi connectivity index (χ2n) is 3.81. The zero-order valence-corrected chi connectivity index (χ0v) is 10.7. The Kier molecular flexibility index (Phi) is 3.99. The molecule has 19 heavy (non-hydrogen) atoms. The first-order valence-electron chi connectivity index (χ1n) is 5.51. The van der Waals surface area contributed by atoms with Crippen LogP contribution in [0.25, 0.3) is 6.08 Å². The van der Waals surface area contributed by atoms with Gasteiger partial charge in [0, 0.05) is 0 Å². The fraction of sp³-hybridized carbons (Fsp3) is 0. The Balaban J connectivity index is 2.18. The van der Waals surface area contributed by atoms with Crippen molar-refractivity contribution in [1.29, 1.82) is 0 Å². The fourth-order valence-corrected chi connectivity index (χ4v) is 1.80. The predicted octanol–water partition coefficient (Wildman–Crippen LogP) is 3.34. The molecule has 0 radical (unpaired) electrons. The molecule has 4 nitrogen and oxygen atoms in total. The van der Waals surface area contributed by atoms with Gasteiger partial charge in [0.1, 0.15) is 11.5 Å². The third kappa shape index (κ3) is 4.57. The Morgan fingerprint density at radius 3 is 2.32 bits per heavy atom. The van der Waals surface area contributed by atoms with Crippen LogP contribution >= 0.6 is 0 Å². The monoisotopic (exact) mass is 276 g/mol. The average molecular weight is 276 g/mol. The molecule has 2 aromatic rings. The quantitative estimate of drug-likeness (QED) is 0.870. The van der Waals surface area contributed by atoms with Gasteiger partial charge < -0.3 is 4.74 Å². The van der Waals surface area contributed by atoms with E-state index in [2.05, 4.69) is 0 Å². The number of ether oxygens (including phenoxy) is 1. The molecular weight excluding hydrogens is 264 g/mol. The Bertz CT molecular complexity index is 676. The van der Waals surface area contributed by atoms with E-state index < -0.39 is 10.1 Å². The number of para-hydroxylation sites is 1. The van der Waals surface area contributed by atoms with Gasteiger partial charge in [-0.3, -0.25) is 4.55 Å². The number of benzene rings is 2. The first-order chi connectivity index (χ1) is 9.03. The third-order valence-electron chi connectivity index (χ3n) is 2.27. The summed E-state index contributed by atoms with van der Waals surface area (Å²) in [6.45, 7) is 0. The summed E-state index contributed by atoms with van der Waals surface area (Å²) in [5.41, 5.74) is 0.617. The smallest absolute Gasteiger partial charge is 0.287 e. The first-order valence-corrected chi connectivity index (χ1v) is 7.02. The van der Waals surface area contributed by atoms with Crippen LogP contribution in [0.5, 0.6) is 11.5 Å². The largest absolute Gasteiger partial charge is 0.457 e. The lowest BCUT2D eigenvalue weighted by molar-refractivity contribution is 0.482. The van der Waals surface area contributed by atoms with Gasteiger partial charge in [-0.25, -0.2) is 0 Å². The zero-order chi connectivity index (χ0) is 13.7. The van der Waals surface area contributed by atoms with Crippen molar-refractivity contribution in [3.63, 3.8) is 0 Å². The van der Waals surface area contributed by atoms with Crippen LogP contribution in [0.1, 0.15) is 5.56 Å². The molecule has 2 rings (SSSR count). The SMILES string of the molecule is O=S(=O)(O)C=Cc1cccc(Oc2ccccc2)c1. The minimum absolute atomic E-state index is 0.587. The molecule has 0 bridgehead atoms. The summed E-state index contributed by atoms with van der Waals surface area (Å²) in [6.07, 6.45) is 1.30. The molecule has 2 aromatic carbocycles. The van der Waals surface area contributed by atoms with Gasteiger partial charge in [-0.05, 0) is 35.9 Å². The Morgan fingerprint density at radius 1 is 0.947 bits per heavy atom. The van der Waals surface area contributed by atoms with E-state index in [1.807, 2.05) is 30.3 Å². The molecule has 0 aliphatic heterocycles. The highest BCUT2D eigenvalue weighted by molar-refractivity contribution is 7.88. The molecule has 0 aliphatic rings. The summed E-state index contributed by atoms with van der Waals surface area (Å²) in [6, 6.07) is 16.1. The highest BCUT2D eigenvalue weighted by Crippen LogP contribution is 2.22. The molecule has 0 saturated carbocycles. The molecular formula is C14H12O4S. The van der Waals surface area contributed by atoms with Crippen LogP contribution in [0, 0.1) is 0 Å². The van der Waals surface area contributed by atoms with Gasteiger partial charge in [0.15, 0.2) is 0 Å². The van der Waals surface area contributed by atoms with Crippen molar-refractivity contribution in [3.05, 3.63) is 65.6 Å². The van der Waals surface area contributed by atoms with Gasteiger partial charge >= 0.3 is 0 Å². The lowest BCUT2D eigenvalue weighted by Crippen LogP contribution is -1.89. The Morgan fingerprint density at radius 2 is 1.63 bits per heavy atom. The molecule has 0 unspecified atom stereocenters. The second kappa shape index (κ2) is 5.69. The van der Waals surface area contributed by atoms with Crippen molar-refractivity contribution in [1.82, 2.24) is 0 Å². The molecule has 98 valence electrons. The van der Waals surface area contributed by atoms with E-state index in [1.54, 1.807) is 24.3 Å². The molecule has 0 spiro atoms. The van der Waals surface area contributed by atoms with Crippen molar-refractivity contribution >= 4 is 16.2 Å². The van der Waals surface area contributed by atoms with Gasteiger partial charge in [-0.15, -0.1) is 0 Å². The van der Waals surface area contributed by atoms with E-state index in [4.69, 9.17) is 9.29 Å². The van der Waals surface area contributed by atoms with E-state index in [9.17, 15) is 8.42 Å². The van der Waals surface area contributed by atoms with E-state index >= 15 is 0 Å². The summed E-state index contributed by atoms with van der Waals surface area (Å²) in [5, 5.41) is 0.731. The number of hydrogen-bond acceptors (Lipinski definition) is 3. The molecule has 0 heterocycles. The number of hydrogen-bond donors (Lipinski definition) is 1. The van der Waals surface area contributed by atoms with E-state index in [1.165, 1.54) is 6.08 Å². The van der Waals surface area contributed by atoms with E-state index in [0.29, 0.717) is 17.1 Å². The standard InChI is InChI=1S/C14H12O4S/c15-19(16,17)10-9-12-5-4-8-14(11-12)18-13-6-2-1-3-7-13/h1-11H,(H,15,16,17). The van der Waals surface area contributed by atoms with Crippen molar-refractivity contribution in [2.45, 2.75) is 0 Å². The van der Waals surface area contributed by atoms with Crippen LogP contribution in [0.3, 0.4) is 0 Å². The van der Waals surface area contributed by atoms with Crippen LogP contribution in [-0.2, 0) is 10.1 Å². The van der Waals surface area contributed by atoms with Crippen molar-refractivity contribution in [2.24, 2.45) is 0 Å². The topological polar surface area (TPSA) is 63.6 Å². The first kappa shape index (κ1) is 13.3. The normalized spacial score (nSPS) is 11.6. The summed E-state index contributed by atoms with van der Waals surface area (Å²) in [7, 11) is -4.12.